The second kappa shape index (κ2) is 11.3. The summed E-state index contributed by atoms with van der Waals surface area (Å²) in [5, 5.41) is 10.6. The van der Waals surface area contributed by atoms with Gasteiger partial charge in [-0.1, -0.05) is 0 Å². The van der Waals surface area contributed by atoms with E-state index >= 15 is 0 Å². The van der Waals surface area contributed by atoms with E-state index in [-0.39, 0.29) is 12.2 Å². The first-order valence-corrected chi connectivity index (χ1v) is 10.1. The Morgan fingerprint density at radius 1 is 0.724 bits per heavy atom. The van der Waals surface area contributed by atoms with Crippen LogP contribution in [-0.2, 0) is 42.6 Å². The van der Waals surface area contributed by atoms with E-state index in [1.807, 2.05) is 13.8 Å². The zero-order valence-corrected chi connectivity index (χ0v) is 17.6. The van der Waals surface area contributed by atoms with Crippen LogP contribution in [0.25, 0.3) is 0 Å². The monoisotopic (exact) mass is 422 g/mol. The molecule has 1 N–H and O–H groups in total. The lowest BCUT2D eigenvalue weighted by Gasteiger charge is -2.57. The molecule has 3 saturated heterocycles. The fraction of sp³-hybridized carbons (Fsp3) is 1.00. The van der Waals surface area contributed by atoms with E-state index in [1.54, 1.807) is 14.2 Å². The van der Waals surface area contributed by atoms with Crippen molar-refractivity contribution in [1.29, 1.82) is 0 Å². The molecule has 10 heteroatoms. The average molecular weight is 422 g/mol. The third-order valence-electron chi connectivity index (χ3n) is 5.17. The molecule has 10 nitrogen and oxygen atoms in total. The number of aliphatic hydroxyl groups excluding tert-OH is 1. The molecule has 170 valence electrons. The topological polar surface area (TPSA) is 103 Å². The van der Waals surface area contributed by atoms with Gasteiger partial charge in [0, 0.05) is 14.2 Å². The molecule has 0 radical (unpaired) electrons. The lowest BCUT2D eigenvalue weighted by atomic mass is 9.82. The standard InChI is InChI=1S/C19H34O10/c1-11(9-21-3)23-5-7-25-16-14-13(20)15-17(18(16)29-19(27-14)28-15)26-8-6-24-12(2)10-22-4/h11-20H,5-10H2,1-4H3/t11-,12-,13-,14?,15+,16?,17?,18+,19?/m1/s1. The van der Waals surface area contributed by atoms with Crippen LogP contribution in [-0.4, -0.2) is 114 Å². The van der Waals surface area contributed by atoms with Gasteiger partial charge in [-0.3, -0.25) is 0 Å². The number of rotatable bonds is 14. The number of aliphatic hydroxyl groups is 1. The van der Waals surface area contributed by atoms with Crippen LogP contribution in [0, 0.1) is 0 Å². The van der Waals surface area contributed by atoms with E-state index in [1.165, 1.54) is 0 Å². The molecule has 0 spiro atoms. The Hall–Kier alpha value is -0.400. The van der Waals surface area contributed by atoms with Gasteiger partial charge in [0.05, 0.1) is 51.8 Å². The van der Waals surface area contributed by atoms with Crippen molar-refractivity contribution in [3.63, 3.8) is 0 Å². The molecule has 3 aliphatic heterocycles. The Balaban J connectivity index is 1.48. The lowest BCUT2D eigenvalue weighted by Crippen LogP contribution is -2.76. The molecule has 0 aromatic heterocycles. The highest BCUT2D eigenvalue weighted by Crippen LogP contribution is 2.42. The Kier molecular flexibility index (Phi) is 9.05. The van der Waals surface area contributed by atoms with Crippen LogP contribution in [0.2, 0.25) is 0 Å². The van der Waals surface area contributed by atoms with Crippen LogP contribution in [0.1, 0.15) is 13.8 Å². The van der Waals surface area contributed by atoms with Crippen molar-refractivity contribution in [2.45, 2.75) is 69.2 Å². The van der Waals surface area contributed by atoms with Gasteiger partial charge in [-0.25, -0.2) is 0 Å². The summed E-state index contributed by atoms with van der Waals surface area (Å²) in [6, 6.07) is 0. The normalized spacial score (nSPS) is 37.8. The van der Waals surface area contributed by atoms with E-state index in [0.29, 0.717) is 39.6 Å². The summed E-state index contributed by atoms with van der Waals surface area (Å²) in [5.74, 6) is 0. The maximum Gasteiger partial charge on any atom is 0.272 e. The predicted octanol–water partition coefficient (Wildman–Crippen LogP) is -0.299. The number of hydrogen-bond donors (Lipinski definition) is 1. The van der Waals surface area contributed by atoms with E-state index < -0.39 is 43.1 Å². The highest BCUT2D eigenvalue weighted by atomic mass is 16.9. The second-order valence-corrected chi connectivity index (χ2v) is 7.53. The minimum Gasteiger partial charge on any atom is -0.387 e. The first-order chi connectivity index (χ1) is 14.0. The summed E-state index contributed by atoms with van der Waals surface area (Å²) in [4.78, 5) is 0. The van der Waals surface area contributed by atoms with Crippen LogP contribution in [0.15, 0.2) is 0 Å². The molecule has 1 saturated carbocycles. The first-order valence-electron chi connectivity index (χ1n) is 10.1. The summed E-state index contributed by atoms with van der Waals surface area (Å²) < 4.78 is 50.3. The highest BCUT2D eigenvalue weighted by Gasteiger charge is 2.62. The smallest absolute Gasteiger partial charge is 0.272 e. The maximum atomic E-state index is 10.6. The summed E-state index contributed by atoms with van der Waals surface area (Å²) in [7, 11) is 3.26. The molecule has 29 heavy (non-hydrogen) atoms. The van der Waals surface area contributed by atoms with E-state index in [9.17, 15) is 5.11 Å². The summed E-state index contributed by atoms with van der Waals surface area (Å²) in [6.07, 6.45) is -3.28. The lowest BCUT2D eigenvalue weighted by molar-refractivity contribution is -0.486. The molecule has 4 bridgehead atoms. The van der Waals surface area contributed by atoms with Crippen molar-refractivity contribution in [2.75, 3.05) is 53.9 Å². The van der Waals surface area contributed by atoms with Gasteiger partial charge >= 0.3 is 0 Å². The maximum absolute atomic E-state index is 10.6. The van der Waals surface area contributed by atoms with Gasteiger partial charge in [-0.05, 0) is 13.8 Å². The number of ether oxygens (including phenoxy) is 9. The van der Waals surface area contributed by atoms with Crippen molar-refractivity contribution < 1.29 is 47.7 Å². The molecule has 4 unspecified atom stereocenters. The third kappa shape index (κ3) is 5.85. The molecule has 0 amide bonds. The van der Waals surface area contributed by atoms with E-state index in [4.69, 9.17) is 42.6 Å². The fourth-order valence-corrected chi connectivity index (χ4v) is 3.90. The van der Waals surface area contributed by atoms with Crippen molar-refractivity contribution in [2.24, 2.45) is 0 Å². The van der Waals surface area contributed by atoms with Crippen molar-refractivity contribution in [3.05, 3.63) is 0 Å². The number of methoxy groups -OCH3 is 2. The van der Waals surface area contributed by atoms with Gasteiger partial charge in [-0.15, -0.1) is 0 Å². The van der Waals surface area contributed by atoms with Crippen LogP contribution in [0.5, 0.6) is 0 Å². The van der Waals surface area contributed by atoms with Crippen molar-refractivity contribution in [3.8, 4) is 0 Å². The quantitative estimate of drug-likeness (QED) is 0.375. The zero-order valence-electron chi connectivity index (χ0n) is 17.6. The average Bonchev–Trinajstić information content (AvgIpc) is 2.69. The highest BCUT2D eigenvalue weighted by molar-refractivity contribution is 5.06. The molecule has 3 heterocycles. The van der Waals surface area contributed by atoms with Gasteiger partial charge in [-0.2, -0.15) is 0 Å². The molecule has 4 rings (SSSR count). The van der Waals surface area contributed by atoms with Gasteiger partial charge in [0.2, 0.25) is 0 Å². The number of hydrogen-bond acceptors (Lipinski definition) is 10. The van der Waals surface area contributed by atoms with Crippen molar-refractivity contribution in [1.82, 2.24) is 0 Å². The third-order valence-corrected chi connectivity index (χ3v) is 5.17. The molecule has 4 fully saturated rings. The second-order valence-electron chi connectivity index (χ2n) is 7.53. The molecular formula is C19H34O10. The minimum absolute atomic E-state index is 0.0230. The van der Waals surface area contributed by atoms with Gasteiger partial charge < -0.3 is 47.7 Å². The van der Waals surface area contributed by atoms with Crippen LogP contribution < -0.4 is 0 Å². The predicted molar refractivity (Wildman–Crippen MR) is 98.5 cm³/mol. The van der Waals surface area contributed by atoms with Crippen LogP contribution >= 0.6 is 0 Å². The SMILES string of the molecule is COC[C@@H](C)OCCOC1C2OC3O[C@@H]1C(OCCO[C@H](C)COC)[C@@H](O3)[C@@H]2O. The molecule has 0 aromatic rings. The Morgan fingerprint density at radius 2 is 1.17 bits per heavy atom. The summed E-state index contributed by atoms with van der Waals surface area (Å²) >= 11 is 0. The fourth-order valence-electron chi connectivity index (χ4n) is 3.90. The van der Waals surface area contributed by atoms with Crippen LogP contribution in [0.4, 0.5) is 0 Å². The van der Waals surface area contributed by atoms with Crippen molar-refractivity contribution >= 4 is 0 Å². The largest absolute Gasteiger partial charge is 0.387 e. The molecule has 4 aliphatic rings. The molecule has 1 aliphatic carbocycles. The van der Waals surface area contributed by atoms with E-state index in [0.717, 1.165) is 0 Å². The Bertz CT molecular complexity index is 442. The Morgan fingerprint density at radius 3 is 1.62 bits per heavy atom. The molecule has 0 aromatic carbocycles. The van der Waals surface area contributed by atoms with Gasteiger partial charge in [0.25, 0.3) is 6.48 Å². The molecular weight excluding hydrogens is 388 g/mol. The van der Waals surface area contributed by atoms with Gasteiger partial charge in [0.15, 0.2) is 0 Å². The van der Waals surface area contributed by atoms with E-state index in [2.05, 4.69) is 0 Å². The first kappa shape index (κ1) is 23.3. The molecule has 9 atom stereocenters. The van der Waals surface area contributed by atoms with Crippen LogP contribution in [0.3, 0.4) is 0 Å². The Labute approximate surface area is 171 Å². The summed E-state index contributed by atoms with van der Waals surface area (Å²) in [6.45, 7) is 5.57. The zero-order chi connectivity index (χ0) is 20.8. The summed E-state index contributed by atoms with van der Waals surface area (Å²) in [5.41, 5.74) is 0. The minimum atomic E-state index is -0.858. The van der Waals surface area contributed by atoms with Gasteiger partial charge in [0.1, 0.15) is 36.6 Å².